The van der Waals surface area contributed by atoms with Crippen molar-refractivity contribution in [2.24, 2.45) is 0 Å². The Morgan fingerprint density at radius 1 is 0.870 bits per heavy atom. The fourth-order valence-corrected chi connectivity index (χ4v) is 1.90. The minimum Gasteiger partial charge on any atom is -0.405 e. The lowest BCUT2D eigenvalue weighted by Gasteiger charge is -2.14. The summed E-state index contributed by atoms with van der Waals surface area (Å²) >= 11 is 0. The van der Waals surface area contributed by atoms with E-state index >= 15 is 0 Å². The number of halogens is 6. The van der Waals surface area contributed by atoms with Gasteiger partial charge in [-0.15, -0.1) is 19.6 Å². The van der Waals surface area contributed by atoms with Crippen molar-refractivity contribution in [1.29, 1.82) is 0 Å². The SMILES string of the molecule is C#Cc1ccc(OC(F)(F)F)c(-c2ccc(C(F)(F)F)cc2)c1. The number of hydrogen-bond donors (Lipinski definition) is 0. The maximum Gasteiger partial charge on any atom is 0.573 e. The van der Waals surface area contributed by atoms with Crippen molar-refractivity contribution in [1.82, 2.24) is 0 Å². The van der Waals surface area contributed by atoms with Crippen LogP contribution in [0.2, 0.25) is 0 Å². The quantitative estimate of drug-likeness (QED) is 0.540. The molecule has 0 bridgehead atoms. The van der Waals surface area contributed by atoms with Gasteiger partial charge in [-0.05, 0) is 35.9 Å². The van der Waals surface area contributed by atoms with Crippen molar-refractivity contribution in [2.75, 3.05) is 0 Å². The van der Waals surface area contributed by atoms with Crippen LogP contribution in [-0.4, -0.2) is 6.36 Å². The molecule has 0 saturated heterocycles. The standard InChI is InChI=1S/C16H8F6O/c1-2-10-3-8-14(23-16(20,21)22)13(9-10)11-4-6-12(7-5-11)15(17,18)19/h1,3-9H. The zero-order valence-electron chi connectivity index (χ0n) is 11.3. The molecule has 0 aromatic heterocycles. The first-order valence-corrected chi connectivity index (χ1v) is 6.14. The number of benzene rings is 2. The second kappa shape index (κ2) is 5.88. The van der Waals surface area contributed by atoms with Gasteiger partial charge < -0.3 is 4.74 Å². The predicted octanol–water partition coefficient (Wildman–Crippen LogP) is 5.25. The summed E-state index contributed by atoms with van der Waals surface area (Å²) in [6.07, 6.45) is -4.28. The Morgan fingerprint density at radius 3 is 1.96 bits per heavy atom. The monoisotopic (exact) mass is 330 g/mol. The molecule has 23 heavy (non-hydrogen) atoms. The van der Waals surface area contributed by atoms with Crippen LogP contribution >= 0.6 is 0 Å². The molecule has 0 aliphatic rings. The average molecular weight is 330 g/mol. The summed E-state index contributed by atoms with van der Waals surface area (Å²) in [5.41, 5.74) is -0.567. The molecule has 0 aliphatic heterocycles. The van der Waals surface area contributed by atoms with E-state index in [-0.39, 0.29) is 16.7 Å². The summed E-state index contributed by atoms with van der Waals surface area (Å²) in [7, 11) is 0. The first kappa shape index (κ1) is 16.7. The lowest BCUT2D eigenvalue weighted by Crippen LogP contribution is -2.17. The van der Waals surface area contributed by atoms with Gasteiger partial charge in [0.25, 0.3) is 0 Å². The molecule has 0 N–H and O–H groups in total. The molecule has 0 heterocycles. The Balaban J connectivity index is 2.50. The lowest BCUT2D eigenvalue weighted by molar-refractivity contribution is -0.274. The first-order valence-electron chi connectivity index (χ1n) is 6.14. The molecule has 2 rings (SSSR count). The van der Waals surface area contributed by atoms with Gasteiger partial charge in [0.1, 0.15) is 5.75 Å². The van der Waals surface area contributed by atoms with Crippen molar-refractivity contribution in [3.8, 4) is 29.2 Å². The highest BCUT2D eigenvalue weighted by Crippen LogP contribution is 2.36. The van der Waals surface area contributed by atoms with Gasteiger partial charge >= 0.3 is 12.5 Å². The van der Waals surface area contributed by atoms with Crippen LogP contribution in [0.15, 0.2) is 42.5 Å². The summed E-state index contributed by atoms with van der Waals surface area (Å²) in [6, 6.07) is 7.17. The Bertz CT molecular complexity index is 735. The van der Waals surface area contributed by atoms with E-state index in [0.29, 0.717) is 0 Å². The molecular formula is C16H8F6O. The molecule has 0 spiro atoms. The van der Waals surface area contributed by atoms with E-state index in [1.807, 2.05) is 0 Å². The fourth-order valence-electron chi connectivity index (χ4n) is 1.90. The van der Waals surface area contributed by atoms with E-state index < -0.39 is 23.9 Å². The maximum atomic E-state index is 12.5. The highest BCUT2D eigenvalue weighted by molar-refractivity contribution is 5.72. The maximum absolute atomic E-state index is 12.5. The number of hydrogen-bond acceptors (Lipinski definition) is 1. The van der Waals surface area contributed by atoms with Crippen LogP contribution in [0.25, 0.3) is 11.1 Å². The summed E-state index contributed by atoms with van der Waals surface area (Å²) in [5, 5.41) is 0. The van der Waals surface area contributed by atoms with Crippen LogP contribution in [0, 0.1) is 12.3 Å². The molecule has 0 saturated carbocycles. The topological polar surface area (TPSA) is 9.23 Å². The molecule has 2 aromatic rings. The molecule has 0 unspecified atom stereocenters. The van der Waals surface area contributed by atoms with Crippen molar-refractivity contribution >= 4 is 0 Å². The Labute approximate surface area is 127 Å². The van der Waals surface area contributed by atoms with Gasteiger partial charge in [0.2, 0.25) is 0 Å². The normalized spacial score (nSPS) is 11.9. The van der Waals surface area contributed by atoms with Crippen LogP contribution < -0.4 is 4.74 Å². The zero-order chi connectivity index (χ0) is 17.3. The van der Waals surface area contributed by atoms with E-state index in [9.17, 15) is 26.3 Å². The van der Waals surface area contributed by atoms with E-state index in [1.165, 1.54) is 12.1 Å². The largest absolute Gasteiger partial charge is 0.573 e. The van der Waals surface area contributed by atoms with Crippen molar-refractivity contribution < 1.29 is 31.1 Å². The fraction of sp³-hybridized carbons (Fsp3) is 0.125. The lowest BCUT2D eigenvalue weighted by atomic mass is 10.0. The average Bonchev–Trinajstić information content (AvgIpc) is 2.45. The molecule has 0 aliphatic carbocycles. The summed E-state index contributed by atoms with van der Waals surface area (Å²) in [4.78, 5) is 0. The molecule has 0 amide bonds. The Morgan fingerprint density at radius 2 is 1.48 bits per heavy atom. The number of ether oxygens (including phenoxy) is 1. The summed E-state index contributed by atoms with van der Waals surface area (Å²) in [5.74, 6) is 1.70. The third-order valence-electron chi connectivity index (χ3n) is 2.90. The van der Waals surface area contributed by atoms with Crippen LogP contribution in [0.5, 0.6) is 5.75 Å². The minimum absolute atomic E-state index is 0.0495. The highest BCUT2D eigenvalue weighted by atomic mass is 19.4. The molecule has 0 fully saturated rings. The molecule has 0 radical (unpaired) electrons. The van der Waals surface area contributed by atoms with Gasteiger partial charge in [-0.1, -0.05) is 18.1 Å². The molecule has 7 heteroatoms. The van der Waals surface area contributed by atoms with Gasteiger partial charge in [0, 0.05) is 11.1 Å². The van der Waals surface area contributed by atoms with Crippen molar-refractivity contribution in [2.45, 2.75) is 12.5 Å². The first-order chi connectivity index (χ1) is 10.6. The Kier molecular flexibility index (Phi) is 4.28. The van der Waals surface area contributed by atoms with Gasteiger partial charge in [-0.25, -0.2) is 0 Å². The van der Waals surface area contributed by atoms with Crippen molar-refractivity contribution in [3.05, 3.63) is 53.6 Å². The third-order valence-corrected chi connectivity index (χ3v) is 2.90. The van der Waals surface area contributed by atoms with Crippen LogP contribution in [0.1, 0.15) is 11.1 Å². The molecule has 120 valence electrons. The number of terminal acetylenes is 1. The van der Waals surface area contributed by atoms with Gasteiger partial charge in [-0.3, -0.25) is 0 Å². The highest BCUT2D eigenvalue weighted by Gasteiger charge is 2.33. The van der Waals surface area contributed by atoms with Crippen molar-refractivity contribution in [3.63, 3.8) is 0 Å². The third kappa shape index (κ3) is 4.19. The summed E-state index contributed by atoms with van der Waals surface area (Å²) < 4.78 is 78.8. The van der Waals surface area contributed by atoms with Gasteiger partial charge in [0.15, 0.2) is 0 Å². The van der Waals surface area contributed by atoms with Gasteiger partial charge in [0.05, 0.1) is 5.56 Å². The smallest absolute Gasteiger partial charge is 0.405 e. The van der Waals surface area contributed by atoms with E-state index in [1.54, 1.807) is 0 Å². The van der Waals surface area contributed by atoms with E-state index in [0.717, 1.165) is 30.3 Å². The second-order valence-corrected chi connectivity index (χ2v) is 4.48. The molecule has 1 nitrogen and oxygen atoms in total. The Hall–Kier alpha value is -2.62. The van der Waals surface area contributed by atoms with Crippen LogP contribution in [-0.2, 0) is 6.18 Å². The van der Waals surface area contributed by atoms with Gasteiger partial charge in [-0.2, -0.15) is 13.2 Å². The zero-order valence-corrected chi connectivity index (χ0v) is 11.3. The second-order valence-electron chi connectivity index (χ2n) is 4.48. The molecule has 0 atom stereocenters. The minimum atomic E-state index is -4.93. The summed E-state index contributed by atoms with van der Waals surface area (Å²) in [6.45, 7) is 0. The number of rotatable bonds is 2. The molecular weight excluding hydrogens is 322 g/mol. The molecule has 2 aromatic carbocycles. The van der Waals surface area contributed by atoms with E-state index in [2.05, 4.69) is 10.7 Å². The van der Waals surface area contributed by atoms with Crippen LogP contribution in [0.3, 0.4) is 0 Å². The van der Waals surface area contributed by atoms with E-state index in [4.69, 9.17) is 6.42 Å². The predicted molar refractivity (Wildman–Crippen MR) is 71.5 cm³/mol. The van der Waals surface area contributed by atoms with Crippen LogP contribution in [0.4, 0.5) is 26.3 Å². The number of alkyl halides is 6.